The summed E-state index contributed by atoms with van der Waals surface area (Å²) in [5.74, 6) is -0.147. The molecule has 1 aliphatic rings. The lowest BCUT2D eigenvalue weighted by atomic mass is 9.91. The minimum atomic E-state index is -0.186. The number of carbonyl (C=O) groups excluding carboxylic acids is 2. The number of nitrogens with zero attached hydrogens (tertiary/aromatic N) is 1. The van der Waals surface area contributed by atoms with Gasteiger partial charge in [-0.3, -0.25) is 9.59 Å². The Labute approximate surface area is 177 Å². The van der Waals surface area contributed by atoms with Gasteiger partial charge in [-0.15, -0.1) is 0 Å². The van der Waals surface area contributed by atoms with Crippen molar-refractivity contribution < 1.29 is 9.59 Å². The van der Waals surface area contributed by atoms with Gasteiger partial charge in [-0.2, -0.15) is 0 Å². The summed E-state index contributed by atoms with van der Waals surface area (Å²) in [6.07, 6.45) is 1.19. The quantitative estimate of drug-likeness (QED) is 0.686. The average Bonchev–Trinajstić information content (AvgIpc) is 3.09. The molecular formula is C25H29N3O2. The molecule has 2 aromatic carbocycles. The number of amides is 2. The lowest BCUT2D eigenvalue weighted by Crippen LogP contribution is -2.45. The molecule has 156 valence electrons. The molecule has 0 spiro atoms. The maximum atomic E-state index is 13.2. The molecule has 1 aromatic heterocycles. The smallest absolute Gasteiger partial charge is 0.242 e. The van der Waals surface area contributed by atoms with Crippen molar-refractivity contribution in [3.63, 3.8) is 0 Å². The van der Waals surface area contributed by atoms with Crippen LogP contribution in [0.1, 0.15) is 50.1 Å². The summed E-state index contributed by atoms with van der Waals surface area (Å²) in [6, 6.07) is 18.2. The van der Waals surface area contributed by atoms with Gasteiger partial charge < -0.3 is 15.2 Å². The Morgan fingerprint density at radius 3 is 2.50 bits per heavy atom. The molecule has 2 N–H and O–H groups in total. The molecule has 5 nitrogen and oxygen atoms in total. The van der Waals surface area contributed by atoms with E-state index in [1.165, 1.54) is 10.9 Å². The Kier molecular flexibility index (Phi) is 5.37. The first-order chi connectivity index (χ1) is 14.3. The molecule has 2 heterocycles. The number of benzene rings is 2. The number of fused-ring (bicyclic) bond motifs is 3. The van der Waals surface area contributed by atoms with Crippen molar-refractivity contribution in [1.82, 2.24) is 15.2 Å². The van der Waals surface area contributed by atoms with E-state index in [1.54, 1.807) is 0 Å². The topological polar surface area (TPSA) is 65.2 Å². The minimum absolute atomic E-state index is 0.0216. The van der Waals surface area contributed by atoms with Crippen LogP contribution in [0.15, 0.2) is 54.6 Å². The summed E-state index contributed by atoms with van der Waals surface area (Å²) in [5.41, 5.74) is 4.41. The number of hydrogen-bond acceptors (Lipinski definition) is 2. The first kappa shape index (κ1) is 20.2. The van der Waals surface area contributed by atoms with E-state index in [-0.39, 0.29) is 29.8 Å². The summed E-state index contributed by atoms with van der Waals surface area (Å²) in [7, 11) is 0. The molecule has 0 radical (unpaired) electrons. The van der Waals surface area contributed by atoms with Gasteiger partial charge >= 0.3 is 0 Å². The Balaban J connectivity index is 1.63. The third kappa shape index (κ3) is 4.11. The SMILES string of the molecule is CC(C)(C)CC(=O)NCC(=O)N1CCc2c([nH]c3ccccc23)C1c1ccccc1. The number of H-pyrrole nitrogens is 1. The van der Waals surface area contributed by atoms with Crippen LogP contribution in [0.3, 0.4) is 0 Å². The second-order valence-corrected chi connectivity index (χ2v) is 9.23. The zero-order chi connectivity index (χ0) is 21.3. The van der Waals surface area contributed by atoms with E-state index < -0.39 is 0 Å². The van der Waals surface area contributed by atoms with E-state index >= 15 is 0 Å². The fourth-order valence-electron chi connectivity index (χ4n) is 4.31. The molecular weight excluding hydrogens is 374 g/mol. The van der Waals surface area contributed by atoms with E-state index in [0.717, 1.165) is 23.2 Å². The molecule has 0 saturated heterocycles. The number of para-hydroxylation sites is 1. The highest BCUT2D eigenvalue weighted by Crippen LogP contribution is 2.38. The van der Waals surface area contributed by atoms with Crippen molar-refractivity contribution in [2.24, 2.45) is 5.41 Å². The zero-order valence-corrected chi connectivity index (χ0v) is 17.9. The average molecular weight is 404 g/mol. The van der Waals surface area contributed by atoms with Crippen molar-refractivity contribution >= 4 is 22.7 Å². The number of carbonyl (C=O) groups is 2. The van der Waals surface area contributed by atoms with E-state index in [0.29, 0.717) is 13.0 Å². The van der Waals surface area contributed by atoms with Gasteiger partial charge in [-0.1, -0.05) is 69.3 Å². The van der Waals surface area contributed by atoms with E-state index in [9.17, 15) is 9.59 Å². The largest absolute Gasteiger partial charge is 0.356 e. The van der Waals surface area contributed by atoms with Crippen LogP contribution in [0.25, 0.3) is 10.9 Å². The lowest BCUT2D eigenvalue weighted by Gasteiger charge is -2.36. The van der Waals surface area contributed by atoms with Crippen LogP contribution in [0.4, 0.5) is 0 Å². The van der Waals surface area contributed by atoms with Crippen LogP contribution >= 0.6 is 0 Å². The van der Waals surface area contributed by atoms with Crippen LogP contribution in [0.5, 0.6) is 0 Å². The van der Waals surface area contributed by atoms with Crippen LogP contribution in [0, 0.1) is 5.41 Å². The molecule has 30 heavy (non-hydrogen) atoms. The Hall–Kier alpha value is -3.08. The highest BCUT2D eigenvalue weighted by Gasteiger charge is 2.34. The summed E-state index contributed by atoms with van der Waals surface area (Å²) >= 11 is 0. The molecule has 0 saturated carbocycles. The summed E-state index contributed by atoms with van der Waals surface area (Å²) in [5, 5.41) is 4.04. The van der Waals surface area contributed by atoms with Gasteiger partial charge in [0.2, 0.25) is 11.8 Å². The first-order valence-corrected chi connectivity index (χ1v) is 10.5. The first-order valence-electron chi connectivity index (χ1n) is 10.5. The predicted octanol–water partition coefficient (Wildman–Crippen LogP) is 4.19. The number of aromatic nitrogens is 1. The van der Waals surface area contributed by atoms with Crippen molar-refractivity contribution in [2.45, 2.75) is 39.7 Å². The zero-order valence-electron chi connectivity index (χ0n) is 17.9. The summed E-state index contributed by atoms with van der Waals surface area (Å²) in [6.45, 7) is 6.70. The lowest BCUT2D eigenvalue weighted by molar-refractivity contribution is -0.135. The standard InChI is InChI=1S/C25H29N3O2/c1-25(2,3)15-21(29)26-16-22(30)28-14-13-19-18-11-7-8-12-20(18)27-23(19)24(28)17-9-5-4-6-10-17/h4-12,24,27H,13-16H2,1-3H3,(H,26,29). The van der Waals surface area contributed by atoms with Crippen LogP contribution in [-0.2, 0) is 16.0 Å². The molecule has 4 rings (SSSR count). The van der Waals surface area contributed by atoms with Gasteiger partial charge in [0.1, 0.15) is 0 Å². The fraction of sp³-hybridized carbons (Fsp3) is 0.360. The van der Waals surface area contributed by atoms with Crippen LogP contribution in [-0.4, -0.2) is 34.8 Å². The third-order valence-electron chi connectivity index (χ3n) is 5.60. The predicted molar refractivity (Wildman–Crippen MR) is 119 cm³/mol. The molecule has 0 aliphatic carbocycles. The number of rotatable bonds is 4. The molecule has 0 fully saturated rings. The summed E-state index contributed by atoms with van der Waals surface area (Å²) < 4.78 is 0. The Morgan fingerprint density at radius 2 is 1.77 bits per heavy atom. The van der Waals surface area contributed by atoms with E-state index in [1.807, 2.05) is 49.9 Å². The molecule has 0 bridgehead atoms. The van der Waals surface area contributed by atoms with Gasteiger partial charge in [-0.25, -0.2) is 0 Å². The van der Waals surface area contributed by atoms with E-state index in [2.05, 4.69) is 40.6 Å². The molecule has 5 heteroatoms. The van der Waals surface area contributed by atoms with Gasteiger partial charge in [0.05, 0.1) is 12.6 Å². The van der Waals surface area contributed by atoms with Gasteiger partial charge in [-0.05, 0) is 29.0 Å². The normalized spacial score (nSPS) is 16.4. The molecule has 1 unspecified atom stereocenters. The second kappa shape index (κ2) is 7.98. The van der Waals surface area contributed by atoms with Crippen molar-refractivity contribution in [3.05, 3.63) is 71.4 Å². The highest BCUT2D eigenvalue weighted by atomic mass is 16.2. The number of nitrogens with one attached hydrogen (secondary N) is 2. The van der Waals surface area contributed by atoms with Gasteiger partial charge in [0.15, 0.2) is 0 Å². The van der Waals surface area contributed by atoms with Crippen molar-refractivity contribution in [1.29, 1.82) is 0 Å². The van der Waals surface area contributed by atoms with Crippen LogP contribution < -0.4 is 5.32 Å². The third-order valence-corrected chi connectivity index (χ3v) is 5.60. The Bertz CT molecular complexity index is 1060. The van der Waals surface area contributed by atoms with E-state index in [4.69, 9.17) is 0 Å². The summed E-state index contributed by atoms with van der Waals surface area (Å²) in [4.78, 5) is 30.9. The molecule has 2 amide bonds. The molecule has 1 aliphatic heterocycles. The van der Waals surface area contributed by atoms with Crippen molar-refractivity contribution in [2.75, 3.05) is 13.1 Å². The second-order valence-electron chi connectivity index (χ2n) is 9.23. The Morgan fingerprint density at radius 1 is 1.07 bits per heavy atom. The van der Waals surface area contributed by atoms with Gasteiger partial charge in [0, 0.05) is 29.6 Å². The highest BCUT2D eigenvalue weighted by molar-refractivity contribution is 5.88. The minimum Gasteiger partial charge on any atom is -0.356 e. The number of hydrogen-bond donors (Lipinski definition) is 2. The molecule has 1 atom stereocenters. The monoisotopic (exact) mass is 403 g/mol. The fourth-order valence-corrected chi connectivity index (χ4v) is 4.31. The number of aromatic amines is 1. The molecule has 3 aromatic rings. The maximum absolute atomic E-state index is 13.2. The van der Waals surface area contributed by atoms with Crippen LogP contribution in [0.2, 0.25) is 0 Å². The maximum Gasteiger partial charge on any atom is 0.242 e. The van der Waals surface area contributed by atoms with Gasteiger partial charge in [0.25, 0.3) is 0 Å². The van der Waals surface area contributed by atoms with Crippen molar-refractivity contribution in [3.8, 4) is 0 Å².